The Morgan fingerprint density at radius 3 is 2.11 bits per heavy atom. The lowest BCUT2D eigenvalue weighted by Crippen LogP contribution is -2.53. The molecule has 4 rings (SSSR count). The SMILES string of the molecule is CCCNC(=O)C(Cc1ccccc1)N(Cc1ccccc1F)C(=O)CN(c1ccccc1)S(=O)(=O)c1ccc(OC)c(OC)c1. The molecule has 1 unspecified atom stereocenters. The Hall–Kier alpha value is -4.90. The molecule has 1 N–H and O–H groups in total. The van der Waals surface area contributed by atoms with Crippen molar-refractivity contribution in [1.82, 2.24) is 10.2 Å². The van der Waals surface area contributed by atoms with Crippen LogP contribution in [0.3, 0.4) is 0 Å². The molecule has 0 aliphatic carbocycles. The number of carbonyl (C=O) groups is 2. The molecule has 1 atom stereocenters. The van der Waals surface area contributed by atoms with Gasteiger partial charge in [-0.25, -0.2) is 12.8 Å². The lowest BCUT2D eigenvalue weighted by molar-refractivity contribution is -0.140. The third kappa shape index (κ3) is 8.22. The molecule has 9 nitrogen and oxygen atoms in total. The van der Waals surface area contributed by atoms with Gasteiger partial charge in [-0.05, 0) is 42.3 Å². The Morgan fingerprint density at radius 1 is 0.848 bits per heavy atom. The Balaban J connectivity index is 1.81. The number of nitrogens with zero attached hydrogens (tertiary/aromatic N) is 2. The molecule has 46 heavy (non-hydrogen) atoms. The first-order valence-corrected chi connectivity index (χ1v) is 16.3. The molecular weight excluding hydrogens is 609 g/mol. The van der Waals surface area contributed by atoms with Gasteiger partial charge >= 0.3 is 0 Å². The standard InChI is InChI=1S/C35H38FN3O6S/c1-4-21-37-35(41)31(22-26-13-7-5-8-14-26)38(24-27-15-11-12-18-30(27)36)34(40)25-39(28-16-9-6-10-17-28)46(42,43)29-19-20-32(44-2)33(23-29)45-3/h5-20,23,31H,4,21-22,24-25H2,1-3H3,(H,37,41). The summed E-state index contributed by atoms with van der Waals surface area (Å²) in [5.74, 6) is -1.14. The molecule has 4 aromatic carbocycles. The van der Waals surface area contributed by atoms with E-state index in [0.717, 1.165) is 9.87 Å². The van der Waals surface area contributed by atoms with Crippen molar-refractivity contribution in [3.05, 3.63) is 120 Å². The molecule has 0 saturated heterocycles. The van der Waals surface area contributed by atoms with Crippen LogP contribution >= 0.6 is 0 Å². The highest BCUT2D eigenvalue weighted by atomic mass is 32.2. The smallest absolute Gasteiger partial charge is 0.264 e. The van der Waals surface area contributed by atoms with E-state index in [4.69, 9.17) is 9.47 Å². The second-order valence-electron chi connectivity index (χ2n) is 10.5. The summed E-state index contributed by atoms with van der Waals surface area (Å²) in [7, 11) is -1.53. The van der Waals surface area contributed by atoms with Crippen molar-refractivity contribution in [2.75, 3.05) is 31.6 Å². The molecule has 0 aliphatic rings. The number of halogens is 1. The third-order valence-electron chi connectivity index (χ3n) is 7.38. The van der Waals surface area contributed by atoms with Crippen LogP contribution in [-0.4, -0.2) is 58.5 Å². The van der Waals surface area contributed by atoms with Crippen molar-refractivity contribution >= 4 is 27.5 Å². The molecule has 4 aromatic rings. The second-order valence-corrected chi connectivity index (χ2v) is 12.3. The summed E-state index contributed by atoms with van der Waals surface area (Å²) in [5, 5.41) is 2.87. The molecule has 0 saturated carbocycles. The maximum absolute atomic E-state index is 15.0. The zero-order valence-corrected chi connectivity index (χ0v) is 26.9. The van der Waals surface area contributed by atoms with Crippen molar-refractivity contribution < 1.29 is 31.9 Å². The minimum atomic E-state index is -4.36. The van der Waals surface area contributed by atoms with Gasteiger partial charge in [-0.1, -0.05) is 73.7 Å². The van der Waals surface area contributed by atoms with Gasteiger partial charge in [0, 0.05) is 31.1 Å². The minimum Gasteiger partial charge on any atom is -0.493 e. The van der Waals surface area contributed by atoms with Gasteiger partial charge < -0.3 is 19.7 Å². The van der Waals surface area contributed by atoms with Gasteiger partial charge in [-0.3, -0.25) is 13.9 Å². The van der Waals surface area contributed by atoms with Gasteiger partial charge in [-0.15, -0.1) is 0 Å². The van der Waals surface area contributed by atoms with E-state index < -0.39 is 40.2 Å². The van der Waals surface area contributed by atoms with Gasteiger partial charge in [0.2, 0.25) is 11.8 Å². The van der Waals surface area contributed by atoms with Crippen LogP contribution in [0.4, 0.5) is 10.1 Å². The average molecular weight is 648 g/mol. The van der Waals surface area contributed by atoms with Gasteiger partial charge in [0.15, 0.2) is 11.5 Å². The zero-order chi connectivity index (χ0) is 33.1. The fraction of sp³-hybridized carbons (Fsp3) is 0.257. The quantitative estimate of drug-likeness (QED) is 0.190. The van der Waals surface area contributed by atoms with Gasteiger partial charge in [0.25, 0.3) is 10.0 Å². The number of sulfonamides is 1. The molecular formula is C35H38FN3O6S. The summed E-state index contributed by atoms with van der Waals surface area (Å²) in [5.41, 5.74) is 1.20. The number of anilines is 1. The first kappa shape index (κ1) is 34.0. The van der Waals surface area contributed by atoms with E-state index in [1.54, 1.807) is 36.4 Å². The molecule has 0 fully saturated rings. The number of benzene rings is 4. The number of nitrogens with one attached hydrogen (secondary N) is 1. The lowest BCUT2D eigenvalue weighted by atomic mass is 10.0. The van der Waals surface area contributed by atoms with Crippen LogP contribution < -0.4 is 19.1 Å². The molecule has 0 aromatic heterocycles. The number of methoxy groups -OCH3 is 2. The minimum absolute atomic E-state index is 0.129. The van der Waals surface area contributed by atoms with Gasteiger partial charge in [0.05, 0.1) is 24.8 Å². The second kappa shape index (κ2) is 15.9. The molecule has 0 spiro atoms. The number of para-hydroxylation sites is 1. The average Bonchev–Trinajstić information content (AvgIpc) is 3.08. The number of hydrogen-bond acceptors (Lipinski definition) is 6. The normalized spacial score (nSPS) is 11.7. The highest BCUT2D eigenvalue weighted by molar-refractivity contribution is 7.92. The highest BCUT2D eigenvalue weighted by Gasteiger charge is 2.35. The highest BCUT2D eigenvalue weighted by Crippen LogP contribution is 2.32. The van der Waals surface area contributed by atoms with Crippen LogP contribution in [0.25, 0.3) is 0 Å². The van der Waals surface area contributed by atoms with Crippen molar-refractivity contribution in [3.8, 4) is 11.5 Å². The lowest BCUT2D eigenvalue weighted by Gasteiger charge is -2.34. The third-order valence-corrected chi connectivity index (χ3v) is 9.15. The molecule has 0 radical (unpaired) electrons. The summed E-state index contributed by atoms with van der Waals surface area (Å²) in [6, 6.07) is 26.4. The van der Waals surface area contributed by atoms with Crippen molar-refractivity contribution in [2.24, 2.45) is 0 Å². The first-order valence-electron chi connectivity index (χ1n) is 14.8. The van der Waals surface area contributed by atoms with E-state index in [1.165, 1.54) is 55.5 Å². The van der Waals surface area contributed by atoms with Crippen molar-refractivity contribution in [2.45, 2.75) is 37.2 Å². The van der Waals surface area contributed by atoms with Crippen LogP contribution in [-0.2, 0) is 32.6 Å². The molecule has 2 amide bonds. The predicted octanol–water partition coefficient (Wildman–Crippen LogP) is 5.20. The first-order chi connectivity index (χ1) is 22.2. The van der Waals surface area contributed by atoms with Crippen LogP contribution in [0.15, 0.2) is 108 Å². The molecule has 0 heterocycles. The van der Waals surface area contributed by atoms with E-state index in [9.17, 15) is 18.0 Å². The van der Waals surface area contributed by atoms with E-state index in [0.29, 0.717) is 18.7 Å². The molecule has 11 heteroatoms. The topological polar surface area (TPSA) is 105 Å². The summed E-state index contributed by atoms with van der Waals surface area (Å²) in [6.45, 7) is 1.35. The Labute approximate surface area is 269 Å². The number of amides is 2. The monoisotopic (exact) mass is 647 g/mol. The predicted molar refractivity (Wildman–Crippen MR) is 175 cm³/mol. The number of ether oxygens (including phenoxy) is 2. The van der Waals surface area contributed by atoms with Gasteiger partial charge in [-0.2, -0.15) is 0 Å². The fourth-order valence-corrected chi connectivity index (χ4v) is 6.39. The largest absolute Gasteiger partial charge is 0.493 e. The van der Waals surface area contributed by atoms with Crippen LogP contribution in [0, 0.1) is 5.82 Å². The van der Waals surface area contributed by atoms with E-state index in [1.807, 2.05) is 37.3 Å². The summed E-state index contributed by atoms with van der Waals surface area (Å²) < 4.78 is 55.1. The van der Waals surface area contributed by atoms with E-state index in [2.05, 4.69) is 5.32 Å². The maximum atomic E-state index is 15.0. The van der Waals surface area contributed by atoms with Crippen LogP contribution in [0.1, 0.15) is 24.5 Å². The van der Waals surface area contributed by atoms with Crippen molar-refractivity contribution in [1.29, 1.82) is 0 Å². The summed E-state index contributed by atoms with van der Waals surface area (Å²) in [4.78, 5) is 29.2. The maximum Gasteiger partial charge on any atom is 0.264 e. The summed E-state index contributed by atoms with van der Waals surface area (Å²) in [6.07, 6.45) is 0.792. The van der Waals surface area contributed by atoms with E-state index in [-0.39, 0.29) is 34.9 Å². The summed E-state index contributed by atoms with van der Waals surface area (Å²) >= 11 is 0. The fourth-order valence-electron chi connectivity index (χ4n) is 4.96. The van der Waals surface area contributed by atoms with E-state index >= 15 is 4.39 Å². The Kier molecular flexibility index (Phi) is 11.7. The van der Waals surface area contributed by atoms with Gasteiger partial charge in [0.1, 0.15) is 18.4 Å². The van der Waals surface area contributed by atoms with Crippen LogP contribution in [0.2, 0.25) is 0 Å². The Morgan fingerprint density at radius 2 is 1.48 bits per heavy atom. The number of hydrogen-bond donors (Lipinski definition) is 1. The zero-order valence-electron chi connectivity index (χ0n) is 26.1. The molecule has 242 valence electrons. The number of carbonyl (C=O) groups excluding carboxylic acids is 2. The van der Waals surface area contributed by atoms with Crippen molar-refractivity contribution in [3.63, 3.8) is 0 Å². The Bertz CT molecular complexity index is 1720. The van der Waals surface area contributed by atoms with Crippen LogP contribution in [0.5, 0.6) is 11.5 Å². The number of rotatable bonds is 15. The molecule has 0 bridgehead atoms. The molecule has 0 aliphatic heterocycles.